The van der Waals surface area contributed by atoms with Gasteiger partial charge in [-0.3, -0.25) is 0 Å². The van der Waals surface area contributed by atoms with E-state index >= 15 is 0 Å². The Morgan fingerprint density at radius 3 is 1.00 bits per heavy atom. The number of para-hydroxylation sites is 2. The second-order valence-electron chi connectivity index (χ2n) is 17.7. The van der Waals surface area contributed by atoms with E-state index in [1.165, 1.54) is 76.6 Å². The molecule has 0 unspecified atom stereocenters. The minimum absolute atomic E-state index is 1.09. The van der Waals surface area contributed by atoms with Crippen LogP contribution in [0.3, 0.4) is 0 Å². The molecule has 1 aliphatic rings. The third-order valence-corrected chi connectivity index (χ3v) is 18.6. The van der Waals surface area contributed by atoms with Crippen LogP contribution in [-0.4, -0.2) is 8.07 Å². The molecular formula is C66H48N2Si. The fourth-order valence-electron chi connectivity index (χ4n) is 10.5. The van der Waals surface area contributed by atoms with E-state index < -0.39 is 8.07 Å². The summed E-state index contributed by atoms with van der Waals surface area (Å²) < 4.78 is 0. The maximum atomic E-state index is 2.51. The minimum Gasteiger partial charge on any atom is -0.311 e. The predicted molar refractivity (Wildman–Crippen MR) is 295 cm³/mol. The van der Waals surface area contributed by atoms with Gasteiger partial charge in [0.2, 0.25) is 0 Å². The van der Waals surface area contributed by atoms with Crippen LogP contribution in [0.1, 0.15) is 0 Å². The van der Waals surface area contributed by atoms with Gasteiger partial charge >= 0.3 is 0 Å². The molecule has 0 bridgehead atoms. The van der Waals surface area contributed by atoms with Crippen LogP contribution in [0, 0.1) is 0 Å². The van der Waals surface area contributed by atoms with E-state index in [1.807, 2.05) is 0 Å². The first kappa shape index (κ1) is 41.7. The number of anilines is 6. The number of fused-ring (bicyclic) bond motifs is 2. The monoisotopic (exact) mass is 896 g/mol. The normalized spacial score (nSPS) is 12.4. The molecule has 2 nitrogen and oxygen atoms in total. The molecule has 0 aromatic heterocycles. The Morgan fingerprint density at radius 1 is 0.246 bits per heavy atom. The molecule has 0 spiro atoms. The lowest BCUT2D eigenvalue weighted by Gasteiger charge is -2.45. The van der Waals surface area contributed by atoms with Crippen LogP contribution in [0.15, 0.2) is 291 Å². The molecule has 11 aromatic rings. The standard InChI is InChI=1S/C66H48N2Si/c1-6-18-49(19-7-1)51-30-34-53(35-31-51)55-38-42-58(43-39-55)67(59-44-40-56(41-45-59)54-36-32-52(33-37-54)50-20-8-2-9-21-50)60-46-47-64-66(48-60)69(61-24-12-4-13-25-61,62-26-14-5-15-27-62)65-29-17-16-28-63(65)68(64)57-22-10-3-11-23-57/h1-48H. The zero-order valence-corrected chi connectivity index (χ0v) is 39.1. The molecular weight excluding hydrogens is 849 g/mol. The van der Waals surface area contributed by atoms with Crippen LogP contribution >= 0.6 is 0 Å². The van der Waals surface area contributed by atoms with Crippen molar-refractivity contribution in [3.8, 4) is 44.5 Å². The Bertz CT molecular complexity index is 3320. The average molecular weight is 897 g/mol. The molecule has 0 aliphatic carbocycles. The summed E-state index contributed by atoms with van der Waals surface area (Å²) in [5.41, 5.74) is 16.4. The SMILES string of the molecule is c1ccc(-c2ccc(-c3ccc(N(c4ccc(-c5ccc(-c6ccccc6)cc5)cc4)c4ccc5c(c4)[Si](c4ccccc4)(c4ccccc4)c4ccccc4N5c4ccccc4)cc3)cc2)cc1. The van der Waals surface area contributed by atoms with Crippen molar-refractivity contribution in [3.63, 3.8) is 0 Å². The van der Waals surface area contributed by atoms with E-state index in [-0.39, 0.29) is 0 Å². The zero-order chi connectivity index (χ0) is 46.0. The fraction of sp³-hybridized carbons (Fsp3) is 0. The molecule has 0 amide bonds. The summed E-state index contributed by atoms with van der Waals surface area (Å²) in [5.74, 6) is 0. The number of rotatable bonds is 10. The summed E-state index contributed by atoms with van der Waals surface area (Å²) in [6, 6.07) is 107. The van der Waals surface area contributed by atoms with E-state index in [9.17, 15) is 0 Å². The van der Waals surface area contributed by atoms with Crippen molar-refractivity contribution in [2.24, 2.45) is 0 Å². The van der Waals surface area contributed by atoms with Crippen LogP contribution in [-0.2, 0) is 0 Å². The Kier molecular flexibility index (Phi) is 11.0. The van der Waals surface area contributed by atoms with E-state index in [0.717, 1.165) is 22.7 Å². The van der Waals surface area contributed by atoms with Gasteiger partial charge in [0.25, 0.3) is 0 Å². The third-order valence-electron chi connectivity index (χ3n) is 13.8. The van der Waals surface area contributed by atoms with Crippen molar-refractivity contribution >= 4 is 62.9 Å². The first-order chi connectivity index (χ1) is 34.2. The van der Waals surface area contributed by atoms with Gasteiger partial charge in [0.15, 0.2) is 8.07 Å². The van der Waals surface area contributed by atoms with E-state index in [4.69, 9.17) is 0 Å². The number of nitrogens with zero attached hydrogens (tertiary/aromatic N) is 2. The molecule has 0 N–H and O–H groups in total. The van der Waals surface area contributed by atoms with Gasteiger partial charge in [0.05, 0.1) is 0 Å². The second-order valence-corrected chi connectivity index (χ2v) is 21.4. The van der Waals surface area contributed by atoms with Crippen molar-refractivity contribution in [2.45, 2.75) is 0 Å². The van der Waals surface area contributed by atoms with Gasteiger partial charge in [-0.15, -0.1) is 0 Å². The Hall–Kier alpha value is -8.76. The van der Waals surface area contributed by atoms with Crippen LogP contribution in [0.4, 0.5) is 34.1 Å². The molecule has 0 fully saturated rings. The Balaban J connectivity index is 1.03. The molecule has 12 rings (SSSR count). The van der Waals surface area contributed by atoms with Gasteiger partial charge in [-0.1, -0.05) is 231 Å². The largest absolute Gasteiger partial charge is 0.311 e. The summed E-state index contributed by atoms with van der Waals surface area (Å²) in [6.07, 6.45) is 0. The van der Waals surface area contributed by atoms with Crippen molar-refractivity contribution in [1.29, 1.82) is 0 Å². The van der Waals surface area contributed by atoms with Crippen molar-refractivity contribution in [2.75, 3.05) is 9.80 Å². The van der Waals surface area contributed by atoms with Crippen molar-refractivity contribution < 1.29 is 0 Å². The van der Waals surface area contributed by atoms with E-state index in [1.54, 1.807) is 0 Å². The predicted octanol–water partition coefficient (Wildman–Crippen LogP) is 15.0. The third kappa shape index (κ3) is 7.65. The van der Waals surface area contributed by atoms with Gasteiger partial charge in [0, 0.05) is 34.1 Å². The van der Waals surface area contributed by atoms with Gasteiger partial charge in [0.1, 0.15) is 0 Å². The summed E-state index contributed by atoms with van der Waals surface area (Å²) in [6.45, 7) is 0. The highest BCUT2D eigenvalue weighted by Gasteiger charge is 2.49. The highest BCUT2D eigenvalue weighted by atomic mass is 28.3. The average Bonchev–Trinajstić information content (AvgIpc) is 3.44. The second kappa shape index (κ2) is 18.1. The fourth-order valence-corrected chi connectivity index (χ4v) is 15.6. The summed E-state index contributed by atoms with van der Waals surface area (Å²) in [7, 11) is -2.96. The quantitative estimate of drug-likeness (QED) is 0.126. The lowest BCUT2D eigenvalue weighted by molar-refractivity contribution is 1.26. The molecule has 1 heterocycles. The lowest BCUT2D eigenvalue weighted by Crippen LogP contribution is -2.77. The molecule has 1 aliphatic heterocycles. The van der Waals surface area contributed by atoms with Crippen LogP contribution in [0.5, 0.6) is 0 Å². The Morgan fingerprint density at radius 2 is 0.565 bits per heavy atom. The van der Waals surface area contributed by atoms with Gasteiger partial charge in [-0.05, 0) is 126 Å². The smallest absolute Gasteiger partial charge is 0.184 e. The number of benzene rings is 11. The first-order valence-electron chi connectivity index (χ1n) is 23.7. The van der Waals surface area contributed by atoms with Gasteiger partial charge < -0.3 is 9.80 Å². The van der Waals surface area contributed by atoms with Crippen molar-refractivity contribution in [3.05, 3.63) is 291 Å². The molecule has 0 saturated heterocycles. The van der Waals surface area contributed by atoms with Crippen molar-refractivity contribution in [1.82, 2.24) is 0 Å². The highest BCUT2D eigenvalue weighted by molar-refractivity contribution is 7.21. The van der Waals surface area contributed by atoms with E-state index in [2.05, 4.69) is 301 Å². The molecule has 11 aromatic carbocycles. The molecule has 69 heavy (non-hydrogen) atoms. The maximum Gasteiger partial charge on any atom is 0.184 e. The summed E-state index contributed by atoms with van der Waals surface area (Å²) in [4.78, 5) is 4.92. The number of hydrogen-bond acceptors (Lipinski definition) is 2. The molecule has 0 saturated carbocycles. The van der Waals surface area contributed by atoms with Crippen LogP contribution < -0.4 is 30.5 Å². The molecule has 326 valence electrons. The topological polar surface area (TPSA) is 6.48 Å². The lowest BCUT2D eigenvalue weighted by atomic mass is 9.99. The summed E-state index contributed by atoms with van der Waals surface area (Å²) in [5, 5.41) is 5.42. The molecule has 0 atom stereocenters. The highest BCUT2D eigenvalue weighted by Crippen LogP contribution is 2.42. The van der Waals surface area contributed by atoms with E-state index in [0.29, 0.717) is 0 Å². The zero-order valence-electron chi connectivity index (χ0n) is 38.1. The molecule has 0 radical (unpaired) electrons. The Labute approximate surface area is 406 Å². The first-order valence-corrected chi connectivity index (χ1v) is 25.7. The van der Waals surface area contributed by atoms with Gasteiger partial charge in [-0.25, -0.2) is 0 Å². The van der Waals surface area contributed by atoms with Gasteiger partial charge in [-0.2, -0.15) is 0 Å². The van der Waals surface area contributed by atoms with Crippen LogP contribution in [0.2, 0.25) is 0 Å². The maximum absolute atomic E-state index is 2.96. The number of hydrogen-bond donors (Lipinski definition) is 0. The minimum atomic E-state index is -2.96. The summed E-state index contributed by atoms with van der Waals surface area (Å²) >= 11 is 0. The molecule has 3 heteroatoms. The van der Waals surface area contributed by atoms with Crippen LogP contribution in [0.25, 0.3) is 44.5 Å².